The molecular formula is C16H15NO2. The van der Waals surface area contributed by atoms with Gasteiger partial charge >= 0.3 is 0 Å². The molecule has 2 atom stereocenters. The highest BCUT2D eigenvalue weighted by atomic mass is 16.7. The molecule has 0 aliphatic carbocycles. The Hall–Kier alpha value is -2.13. The molecule has 19 heavy (non-hydrogen) atoms. The average molecular weight is 256 g/mol. The Morgan fingerprint density at radius 3 is 2.37 bits per heavy atom. The topological polar surface area (TPSA) is 41.8 Å². The molecule has 3 rings (SSSR count). The van der Waals surface area contributed by atoms with Crippen LogP contribution in [0.2, 0.25) is 0 Å². The Morgan fingerprint density at radius 2 is 1.74 bits per heavy atom. The lowest BCUT2D eigenvalue weighted by Gasteiger charge is -2.24. The third kappa shape index (κ3) is 2.13. The van der Waals surface area contributed by atoms with Gasteiger partial charge in [-0.25, -0.2) is 0 Å². The van der Waals surface area contributed by atoms with Crippen molar-refractivity contribution in [3.05, 3.63) is 71.8 Å². The van der Waals surface area contributed by atoms with Crippen molar-refractivity contribution < 1.29 is 14.1 Å². The Bertz CT molecular complexity index is 686. The summed E-state index contributed by atoms with van der Waals surface area (Å²) in [6, 6.07) is 18.0. The first-order valence-corrected chi connectivity index (χ1v) is 6.02. The van der Waals surface area contributed by atoms with Gasteiger partial charge in [0.15, 0.2) is 0 Å². The number of benzene rings is 2. The number of hydrogen-bond donors (Lipinski definition) is 1. The number of rotatable bonds is 2. The molecule has 1 N–H and O–H groups in total. The van der Waals surface area contributed by atoms with E-state index in [2.05, 4.69) is 5.16 Å². The third-order valence-electron chi connectivity index (χ3n) is 3.15. The molecule has 2 unspecified atom stereocenters. The second-order valence-corrected chi connectivity index (χ2v) is 4.47. The largest absolute Gasteiger partial charge is 0.359 e. The van der Waals surface area contributed by atoms with Gasteiger partial charge in [-0.3, -0.25) is 0 Å². The molecule has 0 radical (unpaired) electrons. The molecule has 1 heterocycles. The van der Waals surface area contributed by atoms with Crippen molar-refractivity contribution in [2.75, 3.05) is 0 Å². The van der Waals surface area contributed by atoms with E-state index in [1.54, 1.807) is 24.3 Å². The van der Waals surface area contributed by atoms with E-state index in [-0.39, 0.29) is 0 Å². The van der Waals surface area contributed by atoms with E-state index in [1.807, 2.05) is 36.4 Å². The smallest absolute Gasteiger partial charge is 0.244 e. The van der Waals surface area contributed by atoms with Gasteiger partial charge in [0.2, 0.25) is 5.79 Å². The van der Waals surface area contributed by atoms with Crippen molar-refractivity contribution in [1.82, 2.24) is 0 Å². The minimum Gasteiger partial charge on any atom is -0.359 e. The molecule has 0 saturated heterocycles. The van der Waals surface area contributed by atoms with Crippen molar-refractivity contribution in [2.45, 2.75) is 18.6 Å². The molecule has 2 aromatic carbocycles. The van der Waals surface area contributed by atoms with Crippen molar-refractivity contribution >= 4 is 5.71 Å². The van der Waals surface area contributed by atoms with Crippen LogP contribution in [0.1, 0.15) is 28.0 Å². The van der Waals surface area contributed by atoms with E-state index >= 15 is 0 Å². The van der Waals surface area contributed by atoms with Crippen LogP contribution in [-0.2, 0) is 4.84 Å². The monoisotopic (exact) mass is 256 g/mol. The van der Waals surface area contributed by atoms with Gasteiger partial charge in [-0.1, -0.05) is 65.8 Å². The van der Waals surface area contributed by atoms with Crippen molar-refractivity contribution in [3.8, 4) is 0 Å². The van der Waals surface area contributed by atoms with Crippen LogP contribution in [0.15, 0.2) is 65.8 Å². The van der Waals surface area contributed by atoms with E-state index in [0.29, 0.717) is 11.3 Å². The molecule has 0 fully saturated rings. The van der Waals surface area contributed by atoms with Crippen molar-refractivity contribution in [3.63, 3.8) is 0 Å². The Labute approximate surface area is 116 Å². The second kappa shape index (κ2) is 4.52. The van der Waals surface area contributed by atoms with Crippen LogP contribution < -0.4 is 0 Å². The Morgan fingerprint density at radius 1 is 1.11 bits per heavy atom. The first-order chi connectivity index (χ1) is 10.4. The molecule has 3 nitrogen and oxygen atoms in total. The number of oxime groups is 1. The number of aliphatic hydroxyl groups is 1. The second-order valence-electron chi connectivity index (χ2n) is 4.47. The average Bonchev–Trinajstić information content (AvgIpc) is 2.88. The zero-order valence-electron chi connectivity index (χ0n) is 13.2. The molecule has 0 bridgehead atoms. The Kier molecular flexibility index (Phi) is 2.11. The minimum absolute atomic E-state index is 0.408. The maximum absolute atomic E-state index is 10.7. The minimum atomic E-state index is -2.73. The van der Waals surface area contributed by atoms with E-state index in [0.717, 1.165) is 5.56 Å². The standard InChI is InChI=1S/C16H15NO2/c1-16(18)14(12-8-4-2-5-9-12)15(17-19-16)13-10-6-3-7-11-13/h2-11,14,18H,1H3/i1D3. The van der Waals surface area contributed by atoms with E-state index in [1.165, 1.54) is 0 Å². The molecule has 96 valence electrons. The SMILES string of the molecule is [2H]C([2H])([2H])C1(O)ON=C(c2ccccc2)C1c1ccccc1. The fourth-order valence-corrected chi connectivity index (χ4v) is 2.27. The van der Waals surface area contributed by atoms with Gasteiger partial charge in [0.05, 0.1) is 5.92 Å². The summed E-state index contributed by atoms with van der Waals surface area (Å²) in [7, 11) is 0. The zero-order valence-corrected chi connectivity index (χ0v) is 10.2. The summed E-state index contributed by atoms with van der Waals surface area (Å²) in [4.78, 5) is 5.02. The maximum Gasteiger partial charge on any atom is 0.244 e. The van der Waals surface area contributed by atoms with Crippen LogP contribution in [0.4, 0.5) is 0 Å². The highest BCUT2D eigenvalue weighted by Crippen LogP contribution is 2.38. The number of hydrogen-bond acceptors (Lipinski definition) is 3. The molecule has 2 aromatic rings. The van der Waals surface area contributed by atoms with Gasteiger partial charge in [0.1, 0.15) is 5.71 Å². The lowest BCUT2D eigenvalue weighted by atomic mass is 9.85. The van der Waals surface area contributed by atoms with Crippen LogP contribution in [0.3, 0.4) is 0 Å². The highest BCUT2D eigenvalue weighted by Gasteiger charge is 2.44. The summed E-state index contributed by atoms with van der Waals surface area (Å²) in [5.74, 6) is -3.26. The lowest BCUT2D eigenvalue weighted by molar-refractivity contribution is -0.179. The van der Waals surface area contributed by atoms with Gasteiger partial charge < -0.3 is 9.94 Å². The highest BCUT2D eigenvalue weighted by molar-refractivity contribution is 6.06. The fraction of sp³-hybridized carbons (Fsp3) is 0.188. The lowest BCUT2D eigenvalue weighted by Crippen LogP contribution is -2.33. The summed E-state index contributed by atoms with van der Waals surface area (Å²) in [6.07, 6.45) is 0. The molecular weight excluding hydrogens is 238 g/mol. The predicted molar refractivity (Wildman–Crippen MR) is 73.9 cm³/mol. The molecule has 1 aliphatic rings. The van der Waals surface area contributed by atoms with Gasteiger partial charge in [-0.05, 0) is 5.56 Å². The van der Waals surface area contributed by atoms with Crippen LogP contribution in [0.5, 0.6) is 0 Å². The molecule has 3 heteroatoms. The maximum atomic E-state index is 10.7. The van der Waals surface area contributed by atoms with Crippen LogP contribution >= 0.6 is 0 Å². The predicted octanol–water partition coefficient (Wildman–Crippen LogP) is 2.91. The molecule has 0 aromatic heterocycles. The Balaban J connectivity index is 2.12. The summed E-state index contributed by atoms with van der Waals surface area (Å²) < 4.78 is 22.9. The van der Waals surface area contributed by atoms with E-state index < -0.39 is 18.6 Å². The zero-order chi connectivity index (χ0) is 15.8. The first kappa shape index (κ1) is 8.88. The summed E-state index contributed by atoms with van der Waals surface area (Å²) in [5, 5.41) is 14.6. The normalized spacial score (nSPS) is 28.8. The van der Waals surface area contributed by atoms with Gasteiger partial charge in [0, 0.05) is 16.5 Å². The van der Waals surface area contributed by atoms with Crippen molar-refractivity contribution in [1.29, 1.82) is 0 Å². The van der Waals surface area contributed by atoms with E-state index in [4.69, 9.17) is 8.95 Å². The van der Waals surface area contributed by atoms with Gasteiger partial charge in [0.25, 0.3) is 0 Å². The summed E-state index contributed by atoms with van der Waals surface area (Å²) >= 11 is 0. The van der Waals surface area contributed by atoms with Gasteiger partial charge in [-0.15, -0.1) is 0 Å². The molecule has 0 amide bonds. The van der Waals surface area contributed by atoms with Crippen LogP contribution in [0, 0.1) is 0 Å². The van der Waals surface area contributed by atoms with E-state index in [9.17, 15) is 5.11 Å². The summed E-state index contributed by atoms with van der Waals surface area (Å²) in [6.45, 7) is -2.73. The van der Waals surface area contributed by atoms with Gasteiger partial charge in [-0.2, -0.15) is 0 Å². The first-order valence-electron chi connectivity index (χ1n) is 7.52. The van der Waals surface area contributed by atoms with Crippen LogP contribution in [0.25, 0.3) is 0 Å². The summed E-state index contributed by atoms with van der Waals surface area (Å²) in [5.41, 5.74) is 1.77. The van der Waals surface area contributed by atoms with Crippen LogP contribution in [-0.4, -0.2) is 16.6 Å². The fourth-order valence-electron chi connectivity index (χ4n) is 2.27. The number of nitrogens with zero attached hydrogens (tertiary/aromatic N) is 1. The molecule has 0 spiro atoms. The molecule has 0 saturated carbocycles. The van der Waals surface area contributed by atoms with Crippen molar-refractivity contribution in [2.24, 2.45) is 5.16 Å². The quantitative estimate of drug-likeness (QED) is 0.897. The molecule has 1 aliphatic heterocycles. The third-order valence-corrected chi connectivity index (χ3v) is 3.15.